The van der Waals surface area contributed by atoms with E-state index in [9.17, 15) is 0 Å². The van der Waals surface area contributed by atoms with E-state index in [1.807, 2.05) is 0 Å². The first kappa shape index (κ1) is 23.1. The molecule has 0 spiro atoms. The Morgan fingerprint density at radius 1 is 0.667 bits per heavy atom. The van der Waals surface area contributed by atoms with Crippen LogP contribution in [-0.4, -0.2) is 35.0 Å². The molecule has 0 amide bonds. The van der Waals surface area contributed by atoms with Crippen molar-refractivity contribution in [1.82, 2.24) is 0 Å². The SMILES string of the molecule is O=S(=O)([O-])[O-].O=S(=O)([O-])[O-].[Cu+2].[Zn+2]. The van der Waals surface area contributed by atoms with Crippen LogP contribution in [0.3, 0.4) is 0 Å². The summed E-state index contributed by atoms with van der Waals surface area (Å²) in [4.78, 5) is 0. The second kappa shape index (κ2) is 8.48. The molecule has 0 fully saturated rings. The minimum Gasteiger partial charge on any atom is -0.759 e. The van der Waals surface area contributed by atoms with Crippen LogP contribution in [0.15, 0.2) is 0 Å². The van der Waals surface area contributed by atoms with Crippen LogP contribution in [0.4, 0.5) is 0 Å². The average molecular weight is 321 g/mol. The van der Waals surface area contributed by atoms with Gasteiger partial charge >= 0.3 is 36.5 Å². The average Bonchev–Trinajstić information content (AvgIpc) is 1.12. The molecule has 0 bridgehead atoms. The van der Waals surface area contributed by atoms with Crippen molar-refractivity contribution in [2.75, 3.05) is 0 Å². The summed E-state index contributed by atoms with van der Waals surface area (Å²) in [5.41, 5.74) is 0. The Balaban J connectivity index is -0.0000000457. The number of hydrogen-bond donors (Lipinski definition) is 0. The van der Waals surface area contributed by atoms with Gasteiger partial charge in [-0.1, -0.05) is 0 Å². The molecule has 0 saturated heterocycles. The van der Waals surface area contributed by atoms with Gasteiger partial charge in [0.15, 0.2) is 0 Å². The van der Waals surface area contributed by atoms with Crippen molar-refractivity contribution in [3.05, 3.63) is 0 Å². The maximum atomic E-state index is 8.52. The van der Waals surface area contributed by atoms with E-state index in [0.29, 0.717) is 0 Å². The Labute approximate surface area is 92.1 Å². The van der Waals surface area contributed by atoms with Gasteiger partial charge in [-0.25, -0.2) is 0 Å². The third-order valence-electron chi connectivity index (χ3n) is 0. The number of hydrogen-bond acceptors (Lipinski definition) is 8. The molecule has 0 heterocycles. The summed E-state index contributed by atoms with van der Waals surface area (Å²) in [6.45, 7) is 0. The summed E-state index contributed by atoms with van der Waals surface area (Å²) < 4.78 is 68.2. The molecular formula is CuO8S2Zn. The molecule has 0 atom stereocenters. The molecule has 1 radical (unpaired) electrons. The van der Waals surface area contributed by atoms with E-state index in [4.69, 9.17) is 35.0 Å². The molecule has 8 nitrogen and oxygen atoms in total. The van der Waals surface area contributed by atoms with Gasteiger partial charge in [0.1, 0.15) is 0 Å². The second-order valence-corrected chi connectivity index (χ2v) is 2.45. The molecule has 0 N–H and O–H groups in total. The summed E-state index contributed by atoms with van der Waals surface area (Å²) in [6, 6.07) is 0. The van der Waals surface area contributed by atoms with Crippen molar-refractivity contribution in [3.8, 4) is 0 Å². The summed E-state index contributed by atoms with van der Waals surface area (Å²) in [5, 5.41) is 0. The van der Waals surface area contributed by atoms with E-state index < -0.39 is 20.8 Å². The molecule has 0 aromatic rings. The van der Waals surface area contributed by atoms with Gasteiger partial charge < -0.3 is 18.2 Å². The van der Waals surface area contributed by atoms with Gasteiger partial charge in [0.25, 0.3) is 0 Å². The molecule has 0 aromatic carbocycles. The fourth-order valence-electron chi connectivity index (χ4n) is 0. The molecule has 12 heavy (non-hydrogen) atoms. The summed E-state index contributed by atoms with van der Waals surface area (Å²) in [6.07, 6.45) is 0. The smallest absolute Gasteiger partial charge is 0.759 e. The molecule has 12 heteroatoms. The van der Waals surface area contributed by atoms with Gasteiger partial charge in [-0.2, -0.15) is 0 Å². The standard InChI is InChI=1S/Cu.2H2O4S.Zn/c;2*1-5(2,3)4;/h;2*(H2,1,2,3,4);/q+2;;;+2/p-4. The molecule has 0 aromatic heterocycles. The van der Waals surface area contributed by atoms with Crippen LogP contribution >= 0.6 is 0 Å². The Bertz CT molecular complexity index is 213. The summed E-state index contributed by atoms with van der Waals surface area (Å²) in [5.74, 6) is 0. The molecule has 0 aliphatic heterocycles. The van der Waals surface area contributed by atoms with Crippen LogP contribution < -0.4 is 0 Å². The Morgan fingerprint density at radius 3 is 0.667 bits per heavy atom. The Morgan fingerprint density at radius 2 is 0.667 bits per heavy atom. The van der Waals surface area contributed by atoms with E-state index in [2.05, 4.69) is 0 Å². The molecule has 73 valence electrons. The zero-order chi connectivity index (χ0) is 9.00. The van der Waals surface area contributed by atoms with Gasteiger partial charge in [0, 0.05) is 20.8 Å². The quantitative estimate of drug-likeness (QED) is 0.265. The van der Waals surface area contributed by atoms with Crippen molar-refractivity contribution in [2.45, 2.75) is 0 Å². The van der Waals surface area contributed by atoms with Crippen molar-refractivity contribution >= 4 is 20.8 Å². The van der Waals surface area contributed by atoms with Crippen LogP contribution in [0, 0.1) is 0 Å². The summed E-state index contributed by atoms with van der Waals surface area (Å²) >= 11 is 0. The third-order valence-corrected chi connectivity index (χ3v) is 0. The van der Waals surface area contributed by atoms with Crippen molar-refractivity contribution in [1.29, 1.82) is 0 Å². The van der Waals surface area contributed by atoms with E-state index in [-0.39, 0.29) is 36.5 Å². The second-order valence-electron chi connectivity index (χ2n) is 0.816. The van der Waals surface area contributed by atoms with Crippen molar-refractivity contribution in [2.24, 2.45) is 0 Å². The van der Waals surface area contributed by atoms with Crippen LogP contribution in [0.5, 0.6) is 0 Å². The third kappa shape index (κ3) is 1360. The predicted molar refractivity (Wildman–Crippen MR) is 20.9 cm³/mol. The minimum absolute atomic E-state index is 0. The Hall–Kier alpha value is 0.883. The van der Waals surface area contributed by atoms with Crippen LogP contribution in [0.25, 0.3) is 0 Å². The Kier molecular flexibility index (Phi) is 16.3. The first-order valence-corrected chi connectivity index (χ1v) is 4.00. The molecule has 0 aliphatic carbocycles. The maximum Gasteiger partial charge on any atom is 2.00 e. The molecule has 0 aliphatic rings. The fraction of sp³-hybridized carbons (Fsp3) is 0. The van der Waals surface area contributed by atoms with Gasteiger partial charge in [-0.3, -0.25) is 16.8 Å². The molecule has 0 rings (SSSR count). The summed E-state index contributed by atoms with van der Waals surface area (Å²) in [7, 11) is -10.3. The van der Waals surface area contributed by atoms with E-state index in [1.54, 1.807) is 0 Å². The van der Waals surface area contributed by atoms with E-state index in [0.717, 1.165) is 0 Å². The van der Waals surface area contributed by atoms with Gasteiger partial charge in [0.2, 0.25) is 0 Å². The first-order chi connectivity index (χ1) is 4.00. The topological polar surface area (TPSA) is 161 Å². The zero-order valence-electron chi connectivity index (χ0n) is 5.09. The monoisotopic (exact) mass is 319 g/mol. The molecular weight excluding hydrogens is 321 g/mol. The normalized spacial score (nSPS) is 9.67. The maximum absolute atomic E-state index is 8.52. The zero-order valence-corrected chi connectivity index (χ0v) is 10.6. The fourth-order valence-corrected chi connectivity index (χ4v) is 0. The van der Waals surface area contributed by atoms with Gasteiger partial charge in [-0.05, 0) is 0 Å². The van der Waals surface area contributed by atoms with Crippen molar-refractivity contribution < 1.29 is 71.6 Å². The van der Waals surface area contributed by atoms with Gasteiger partial charge in [-0.15, -0.1) is 0 Å². The largest absolute Gasteiger partial charge is 2.00 e. The van der Waals surface area contributed by atoms with E-state index >= 15 is 0 Å². The minimum atomic E-state index is -5.17. The molecule has 0 unspecified atom stereocenters. The van der Waals surface area contributed by atoms with Crippen LogP contribution in [0.1, 0.15) is 0 Å². The predicted octanol–water partition coefficient (Wildman–Crippen LogP) is -2.68. The molecule has 0 saturated carbocycles. The van der Waals surface area contributed by atoms with Crippen LogP contribution in [0.2, 0.25) is 0 Å². The van der Waals surface area contributed by atoms with Crippen molar-refractivity contribution in [3.63, 3.8) is 0 Å². The van der Waals surface area contributed by atoms with E-state index in [1.165, 1.54) is 0 Å². The number of rotatable bonds is 0. The van der Waals surface area contributed by atoms with Gasteiger partial charge in [0.05, 0.1) is 0 Å². The first-order valence-electron chi connectivity index (χ1n) is 1.33. The van der Waals surface area contributed by atoms with Crippen LogP contribution in [-0.2, 0) is 57.3 Å².